The average Bonchev–Trinajstić information content (AvgIpc) is 2.71. The molecule has 0 unspecified atom stereocenters. The van der Waals surface area contributed by atoms with Gasteiger partial charge in [0.05, 0.1) is 16.4 Å². The van der Waals surface area contributed by atoms with Crippen molar-refractivity contribution in [2.24, 2.45) is 0 Å². The summed E-state index contributed by atoms with van der Waals surface area (Å²) in [6, 6.07) is 19.0. The van der Waals surface area contributed by atoms with Gasteiger partial charge in [-0.1, -0.05) is 30.3 Å². The van der Waals surface area contributed by atoms with E-state index in [1.165, 1.54) is 12.2 Å². The van der Waals surface area contributed by atoms with E-state index in [4.69, 9.17) is 4.74 Å². The maximum absolute atomic E-state index is 13.3. The molecule has 28 heavy (non-hydrogen) atoms. The zero-order chi connectivity index (χ0) is 20.1. The summed E-state index contributed by atoms with van der Waals surface area (Å²) in [7, 11) is -3.85. The Morgan fingerprint density at radius 1 is 0.893 bits per heavy atom. The fraction of sp³-hybridized carbons (Fsp3) is 0.0909. The van der Waals surface area contributed by atoms with Crippen LogP contribution in [0.2, 0.25) is 0 Å². The average molecular weight is 388 g/mol. The van der Waals surface area contributed by atoms with Gasteiger partial charge in [0, 0.05) is 5.57 Å². The van der Waals surface area contributed by atoms with Crippen LogP contribution < -0.4 is 4.74 Å². The molecule has 1 heterocycles. The van der Waals surface area contributed by atoms with Crippen LogP contribution in [0.4, 0.5) is 0 Å². The molecule has 0 atom stereocenters. The molecule has 1 aliphatic heterocycles. The summed E-state index contributed by atoms with van der Waals surface area (Å²) in [5, 5.41) is 18.5. The van der Waals surface area contributed by atoms with Gasteiger partial charge in [0.25, 0.3) is 0 Å². The fourth-order valence-electron chi connectivity index (χ4n) is 2.86. The minimum absolute atomic E-state index is 0.0369. The number of benzene rings is 2. The van der Waals surface area contributed by atoms with Crippen LogP contribution in [0.25, 0.3) is 9.81 Å². The molecule has 0 saturated heterocycles. The quantitative estimate of drug-likeness (QED) is 0.731. The monoisotopic (exact) mass is 388 g/mol. The van der Waals surface area contributed by atoms with Crippen LogP contribution in [0, 0.1) is 22.7 Å². The van der Waals surface area contributed by atoms with E-state index in [2.05, 4.69) is 0 Å². The maximum atomic E-state index is 13.3. The van der Waals surface area contributed by atoms with Crippen LogP contribution in [-0.2, 0) is 9.84 Å². The predicted molar refractivity (Wildman–Crippen MR) is 107 cm³/mol. The Morgan fingerprint density at radius 2 is 1.43 bits per heavy atom. The summed E-state index contributed by atoms with van der Waals surface area (Å²) in [5.74, 6) is 0.629. The smallest absolute Gasteiger partial charge is 0.207 e. The Kier molecular flexibility index (Phi) is 5.44. The summed E-state index contributed by atoms with van der Waals surface area (Å²) < 4.78 is 32.0. The molecular weight excluding hydrogens is 372 g/mol. The Balaban J connectivity index is 2.23. The second-order valence-electron chi connectivity index (χ2n) is 5.90. The molecular formula is C22H16N2O3S. The van der Waals surface area contributed by atoms with Crippen LogP contribution in [0.1, 0.15) is 18.1 Å². The molecule has 0 aromatic heterocycles. The van der Waals surface area contributed by atoms with Crippen molar-refractivity contribution in [3.05, 3.63) is 89.0 Å². The van der Waals surface area contributed by atoms with Gasteiger partial charge in [-0.25, -0.2) is 8.42 Å². The third-order valence-electron chi connectivity index (χ3n) is 4.17. The molecule has 0 aliphatic carbocycles. The van der Waals surface area contributed by atoms with Gasteiger partial charge in [0.15, 0.2) is 0 Å². The number of allylic oxidation sites excluding steroid dienone is 4. The first-order valence-electron chi connectivity index (χ1n) is 8.53. The van der Waals surface area contributed by atoms with Crippen molar-refractivity contribution in [2.75, 3.05) is 6.61 Å². The van der Waals surface area contributed by atoms with Gasteiger partial charge >= 0.3 is 0 Å². The van der Waals surface area contributed by atoms with Crippen LogP contribution in [-0.4, -0.2) is 15.0 Å². The van der Waals surface area contributed by atoms with Gasteiger partial charge in [-0.05, 0) is 54.5 Å². The Morgan fingerprint density at radius 3 is 1.93 bits per heavy atom. The Hall–Kier alpha value is -3.61. The first-order chi connectivity index (χ1) is 13.5. The lowest BCUT2D eigenvalue weighted by atomic mass is 10.0. The van der Waals surface area contributed by atoms with Gasteiger partial charge in [-0.15, -0.1) is 0 Å². The minimum atomic E-state index is -3.85. The number of nitriles is 2. The molecule has 0 N–H and O–H groups in total. The van der Waals surface area contributed by atoms with Gasteiger partial charge in [0.2, 0.25) is 9.84 Å². The van der Waals surface area contributed by atoms with E-state index < -0.39 is 9.84 Å². The van der Waals surface area contributed by atoms with Crippen molar-refractivity contribution >= 4 is 19.6 Å². The Labute approximate surface area is 164 Å². The highest BCUT2D eigenvalue weighted by Gasteiger charge is 2.30. The number of rotatable bonds is 4. The Bertz CT molecular complexity index is 1160. The largest absolute Gasteiger partial charge is 0.494 e. The van der Waals surface area contributed by atoms with Crippen LogP contribution >= 0.6 is 0 Å². The maximum Gasteiger partial charge on any atom is 0.207 e. The standard InChI is InChI=1S/C22H16N2O3S/c1-2-27-20-10-8-17(9-11-20)22-13-18(19(14-23)15-24)12-21(28(22,25)26)16-6-4-3-5-7-16/h3-13H,2H2,1H3. The highest BCUT2D eigenvalue weighted by atomic mass is 32.2. The van der Waals surface area contributed by atoms with Crippen molar-refractivity contribution in [3.8, 4) is 17.9 Å². The van der Waals surface area contributed by atoms with Crippen molar-refractivity contribution in [2.45, 2.75) is 6.92 Å². The molecule has 138 valence electrons. The van der Waals surface area contributed by atoms with E-state index in [0.29, 0.717) is 23.5 Å². The van der Waals surface area contributed by atoms with Crippen molar-refractivity contribution < 1.29 is 13.2 Å². The number of nitrogens with zero attached hydrogens (tertiary/aromatic N) is 2. The number of sulfone groups is 1. The molecule has 1 aliphatic rings. The van der Waals surface area contributed by atoms with E-state index in [1.807, 2.05) is 19.1 Å². The SMILES string of the molecule is CCOc1ccc(C2=CC(=C(C#N)C#N)C=C(c3ccccc3)S2(=O)=O)cc1. The second kappa shape index (κ2) is 7.96. The van der Waals surface area contributed by atoms with E-state index in [-0.39, 0.29) is 21.0 Å². The number of hydrogen-bond acceptors (Lipinski definition) is 5. The van der Waals surface area contributed by atoms with E-state index in [1.54, 1.807) is 54.6 Å². The van der Waals surface area contributed by atoms with E-state index in [9.17, 15) is 18.9 Å². The van der Waals surface area contributed by atoms with Crippen LogP contribution in [0.5, 0.6) is 5.75 Å². The predicted octanol–water partition coefficient (Wildman–Crippen LogP) is 4.24. The van der Waals surface area contributed by atoms with Crippen LogP contribution in [0.3, 0.4) is 0 Å². The molecule has 0 saturated carbocycles. The lowest BCUT2D eigenvalue weighted by molar-refractivity contribution is 0.340. The van der Waals surface area contributed by atoms with Crippen molar-refractivity contribution in [1.29, 1.82) is 10.5 Å². The first kappa shape index (κ1) is 19.2. The third-order valence-corrected chi connectivity index (χ3v) is 6.04. The molecule has 3 rings (SSSR count). The van der Waals surface area contributed by atoms with Gasteiger partial charge in [-0.3, -0.25) is 0 Å². The van der Waals surface area contributed by atoms with E-state index >= 15 is 0 Å². The highest BCUT2D eigenvalue weighted by molar-refractivity contribution is 8.09. The second-order valence-corrected chi connectivity index (χ2v) is 7.78. The van der Waals surface area contributed by atoms with E-state index in [0.717, 1.165) is 0 Å². The molecule has 0 spiro atoms. The summed E-state index contributed by atoms with van der Waals surface area (Å²) in [5.41, 5.74) is 1.07. The van der Waals surface area contributed by atoms with Crippen molar-refractivity contribution in [3.63, 3.8) is 0 Å². The highest BCUT2D eigenvalue weighted by Crippen LogP contribution is 2.39. The lowest BCUT2D eigenvalue weighted by Gasteiger charge is -2.18. The fourth-order valence-corrected chi connectivity index (χ4v) is 4.55. The van der Waals surface area contributed by atoms with Gasteiger partial charge in [-0.2, -0.15) is 10.5 Å². The molecule has 2 aromatic rings. The lowest BCUT2D eigenvalue weighted by Crippen LogP contribution is -2.11. The minimum Gasteiger partial charge on any atom is -0.494 e. The normalized spacial score (nSPS) is 14.9. The summed E-state index contributed by atoms with van der Waals surface area (Å²) in [6.07, 6.45) is 2.75. The van der Waals surface area contributed by atoms with Crippen molar-refractivity contribution in [1.82, 2.24) is 0 Å². The van der Waals surface area contributed by atoms with Gasteiger partial charge < -0.3 is 4.74 Å². The van der Waals surface area contributed by atoms with Gasteiger partial charge in [0.1, 0.15) is 23.5 Å². The molecule has 5 nitrogen and oxygen atoms in total. The summed E-state index contributed by atoms with van der Waals surface area (Å²) in [6.45, 7) is 2.36. The first-order valence-corrected chi connectivity index (χ1v) is 10.0. The summed E-state index contributed by atoms with van der Waals surface area (Å²) >= 11 is 0. The zero-order valence-corrected chi connectivity index (χ0v) is 15.9. The number of hydrogen-bond donors (Lipinski definition) is 0. The molecule has 0 amide bonds. The van der Waals surface area contributed by atoms with Crippen LogP contribution in [0.15, 0.2) is 77.9 Å². The molecule has 2 aromatic carbocycles. The molecule has 0 fully saturated rings. The molecule has 0 radical (unpaired) electrons. The third kappa shape index (κ3) is 3.59. The summed E-state index contributed by atoms with van der Waals surface area (Å²) in [4.78, 5) is 0.0902. The molecule has 6 heteroatoms. The molecule has 0 bridgehead atoms. The zero-order valence-electron chi connectivity index (χ0n) is 15.1. The topological polar surface area (TPSA) is 90.9 Å². The number of ether oxygens (including phenoxy) is 1.